The molecule has 170 valence electrons. The number of hydrogen-bond donors (Lipinski definition) is 2. The average Bonchev–Trinajstić information content (AvgIpc) is 3.32. The first kappa shape index (κ1) is 22.5. The molecule has 8 heteroatoms. The lowest BCUT2D eigenvalue weighted by atomic mass is 9.76. The van der Waals surface area contributed by atoms with Crippen LogP contribution in [0.15, 0.2) is 70.2 Å². The Morgan fingerprint density at radius 1 is 1.25 bits per heavy atom. The first-order valence-corrected chi connectivity index (χ1v) is 12.5. The van der Waals surface area contributed by atoms with Crippen LogP contribution < -0.4 is 15.8 Å². The highest BCUT2D eigenvalue weighted by molar-refractivity contribution is 7.90. The second kappa shape index (κ2) is 9.05. The number of sulfone groups is 1. The third-order valence-electron chi connectivity index (χ3n) is 6.03. The van der Waals surface area contributed by atoms with E-state index in [0.717, 1.165) is 41.1 Å². The maximum absolute atomic E-state index is 12.2. The molecule has 2 aliphatic heterocycles. The van der Waals surface area contributed by atoms with Gasteiger partial charge in [-0.3, -0.25) is 0 Å². The van der Waals surface area contributed by atoms with Gasteiger partial charge in [-0.15, -0.1) is 0 Å². The molecule has 3 N–H and O–H groups in total. The van der Waals surface area contributed by atoms with Crippen molar-refractivity contribution in [2.24, 2.45) is 10.7 Å². The molecule has 0 bridgehead atoms. The minimum atomic E-state index is -3.36. The van der Waals surface area contributed by atoms with E-state index < -0.39 is 15.4 Å². The summed E-state index contributed by atoms with van der Waals surface area (Å²) >= 11 is 0. The molecule has 1 fully saturated rings. The Balaban J connectivity index is 1.63. The van der Waals surface area contributed by atoms with Gasteiger partial charge in [0.25, 0.3) is 0 Å². The summed E-state index contributed by atoms with van der Waals surface area (Å²) in [5, 5.41) is 3.38. The van der Waals surface area contributed by atoms with Gasteiger partial charge in [0.05, 0.1) is 23.6 Å². The Bertz CT molecular complexity index is 1140. The van der Waals surface area contributed by atoms with Crippen molar-refractivity contribution in [1.82, 2.24) is 5.32 Å². The number of nitrogens with one attached hydrogen (secondary N) is 1. The molecule has 0 radical (unpaired) electrons. The van der Waals surface area contributed by atoms with Crippen molar-refractivity contribution in [3.8, 4) is 5.75 Å². The summed E-state index contributed by atoms with van der Waals surface area (Å²) in [4.78, 5) is 4.89. The van der Waals surface area contributed by atoms with Gasteiger partial charge in [0, 0.05) is 37.6 Å². The van der Waals surface area contributed by atoms with Crippen LogP contribution in [0, 0.1) is 0 Å². The summed E-state index contributed by atoms with van der Waals surface area (Å²) in [5.74, 6) is 1.55. The van der Waals surface area contributed by atoms with E-state index in [4.69, 9.17) is 15.2 Å². The van der Waals surface area contributed by atoms with Gasteiger partial charge in [-0.25, -0.2) is 13.4 Å². The third-order valence-corrected chi connectivity index (χ3v) is 7.14. The summed E-state index contributed by atoms with van der Waals surface area (Å²) < 4.78 is 35.4. The van der Waals surface area contributed by atoms with Crippen LogP contribution >= 0.6 is 0 Å². The predicted molar refractivity (Wildman–Crippen MR) is 124 cm³/mol. The molecule has 0 amide bonds. The Labute approximate surface area is 189 Å². The Hall–Kier alpha value is -2.68. The summed E-state index contributed by atoms with van der Waals surface area (Å²) in [6.07, 6.45) is 5.14. The van der Waals surface area contributed by atoms with Crippen molar-refractivity contribution in [2.75, 3.05) is 20.0 Å². The van der Waals surface area contributed by atoms with E-state index in [9.17, 15) is 8.42 Å². The molecule has 0 saturated carbocycles. The normalized spacial score (nSPS) is 23.4. The lowest BCUT2D eigenvalue weighted by Crippen LogP contribution is -2.48. The van der Waals surface area contributed by atoms with E-state index in [2.05, 4.69) is 10.3 Å². The highest BCUT2D eigenvalue weighted by Gasteiger charge is 2.41. The molecule has 7 nitrogen and oxygen atoms in total. The second-order valence-electron chi connectivity index (χ2n) is 8.31. The lowest BCUT2D eigenvalue weighted by molar-refractivity contribution is 0.124. The number of nitrogens with two attached hydrogens (primary N) is 1. The molecule has 0 aromatic heterocycles. The number of hydrogen-bond acceptors (Lipinski definition) is 7. The molecular weight excluding hydrogens is 426 g/mol. The van der Waals surface area contributed by atoms with Crippen molar-refractivity contribution >= 4 is 15.7 Å². The van der Waals surface area contributed by atoms with Gasteiger partial charge < -0.3 is 20.5 Å². The summed E-state index contributed by atoms with van der Waals surface area (Å²) in [6.45, 7) is 1.28. The van der Waals surface area contributed by atoms with Gasteiger partial charge in [-0.05, 0) is 48.2 Å². The van der Waals surface area contributed by atoms with E-state index in [0.29, 0.717) is 19.6 Å². The zero-order chi connectivity index (χ0) is 22.8. The van der Waals surface area contributed by atoms with E-state index >= 15 is 0 Å². The van der Waals surface area contributed by atoms with Crippen LogP contribution in [0.4, 0.5) is 0 Å². The molecule has 2 aromatic rings. The monoisotopic (exact) mass is 455 g/mol. The number of rotatable bonds is 6. The number of ether oxygens (including phenoxy) is 2. The number of nitrogens with zero attached hydrogens (tertiary/aromatic N) is 1. The van der Waals surface area contributed by atoms with Crippen LogP contribution in [0.1, 0.15) is 30.4 Å². The zero-order valence-electron chi connectivity index (χ0n) is 18.4. The molecule has 4 rings (SSSR count). The third kappa shape index (κ3) is 4.72. The predicted octanol–water partition coefficient (Wildman–Crippen LogP) is 2.91. The zero-order valence-corrected chi connectivity index (χ0v) is 19.2. The smallest absolute Gasteiger partial charge is 0.175 e. The first-order chi connectivity index (χ1) is 15.3. The Morgan fingerprint density at radius 3 is 2.69 bits per heavy atom. The quantitative estimate of drug-likeness (QED) is 0.694. The van der Waals surface area contributed by atoms with Crippen LogP contribution in [0.2, 0.25) is 0 Å². The molecular formula is C24H29N3O4S. The molecule has 2 aliphatic rings. The van der Waals surface area contributed by atoms with E-state index in [-0.39, 0.29) is 11.0 Å². The number of aliphatic imine (C=N–C) groups is 1. The Kier molecular flexibility index (Phi) is 6.37. The van der Waals surface area contributed by atoms with Crippen molar-refractivity contribution in [3.05, 3.63) is 71.4 Å². The van der Waals surface area contributed by atoms with Gasteiger partial charge in [0.1, 0.15) is 11.6 Å². The average molecular weight is 456 g/mol. The maximum Gasteiger partial charge on any atom is 0.175 e. The van der Waals surface area contributed by atoms with Gasteiger partial charge in [-0.2, -0.15) is 0 Å². The molecule has 0 spiro atoms. The number of benzene rings is 2. The minimum absolute atomic E-state index is 0.117. The summed E-state index contributed by atoms with van der Waals surface area (Å²) in [6, 6.07) is 14.7. The van der Waals surface area contributed by atoms with Crippen LogP contribution in [-0.2, 0) is 26.7 Å². The lowest BCUT2D eigenvalue weighted by Gasteiger charge is -2.38. The topological polar surface area (TPSA) is 103 Å². The largest absolute Gasteiger partial charge is 0.497 e. The molecule has 2 heterocycles. The standard InChI is InChI=1S/C24H29N3O4S/c1-30-19-10-8-17(9-11-19)15-26-23-14-24(25,21(16-27-23)22-7-4-12-31-22)18-5-3-6-20(13-18)32(2,28)29/h3,5-6,8-11,13,16,22H,4,7,12,14-15,25H2,1-2H3,(H,26,27). The van der Waals surface area contributed by atoms with Gasteiger partial charge in [0.15, 0.2) is 9.84 Å². The highest BCUT2D eigenvalue weighted by atomic mass is 32.2. The second-order valence-corrected chi connectivity index (χ2v) is 10.3. The Morgan fingerprint density at radius 2 is 2.03 bits per heavy atom. The van der Waals surface area contributed by atoms with Gasteiger partial charge >= 0.3 is 0 Å². The molecule has 0 aliphatic carbocycles. The van der Waals surface area contributed by atoms with Crippen LogP contribution in [0.5, 0.6) is 5.75 Å². The minimum Gasteiger partial charge on any atom is -0.497 e. The molecule has 32 heavy (non-hydrogen) atoms. The van der Waals surface area contributed by atoms with Crippen molar-refractivity contribution in [3.63, 3.8) is 0 Å². The SMILES string of the molecule is COc1ccc(CNC2=NC=C(C3CCCO3)C(N)(c3cccc(S(C)(=O)=O)c3)C2)cc1. The highest BCUT2D eigenvalue weighted by Crippen LogP contribution is 2.39. The molecule has 2 atom stereocenters. The van der Waals surface area contributed by atoms with Crippen LogP contribution in [-0.4, -0.2) is 40.3 Å². The van der Waals surface area contributed by atoms with Crippen molar-refractivity contribution in [2.45, 2.75) is 42.3 Å². The molecule has 2 aromatic carbocycles. The fourth-order valence-corrected chi connectivity index (χ4v) is 4.86. The van der Waals surface area contributed by atoms with Crippen LogP contribution in [0.25, 0.3) is 0 Å². The van der Waals surface area contributed by atoms with Crippen molar-refractivity contribution in [1.29, 1.82) is 0 Å². The van der Waals surface area contributed by atoms with E-state index in [1.54, 1.807) is 31.5 Å². The van der Waals surface area contributed by atoms with Gasteiger partial charge in [0.2, 0.25) is 0 Å². The van der Waals surface area contributed by atoms with Crippen molar-refractivity contribution < 1.29 is 17.9 Å². The van der Waals surface area contributed by atoms with Crippen LogP contribution in [0.3, 0.4) is 0 Å². The van der Waals surface area contributed by atoms with E-state index in [1.165, 1.54) is 6.26 Å². The fraction of sp³-hybridized carbons (Fsp3) is 0.375. The first-order valence-electron chi connectivity index (χ1n) is 10.6. The summed E-state index contributed by atoms with van der Waals surface area (Å²) in [5.41, 5.74) is 8.83. The number of amidine groups is 1. The maximum atomic E-state index is 12.2. The van der Waals surface area contributed by atoms with Gasteiger partial charge in [-0.1, -0.05) is 24.3 Å². The molecule has 2 unspecified atom stereocenters. The van der Waals surface area contributed by atoms with E-state index in [1.807, 2.05) is 30.3 Å². The number of methoxy groups -OCH3 is 1. The summed E-state index contributed by atoms with van der Waals surface area (Å²) in [7, 11) is -1.71. The fourth-order valence-electron chi connectivity index (χ4n) is 4.20. The molecule has 1 saturated heterocycles.